The molecule has 0 fully saturated rings. The van der Waals surface area contributed by atoms with Crippen molar-refractivity contribution in [3.63, 3.8) is 0 Å². The Kier molecular flexibility index (Phi) is 1.79. The highest BCUT2D eigenvalue weighted by molar-refractivity contribution is 14.1. The highest BCUT2D eigenvalue weighted by Crippen LogP contribution is 2.02. The second-order valence-corrected chi connectivity index (χ2v) is 2.38. The predicted molar refractivity (Wildman–Crippen MR) is 37.4 cm³/mol. The lowest BCUT2D eigenvalue weighted by atomic mass is 10.8. The highest BCUT2D eigenvalue weighted by atomic mass is 127. The van der Waals surface area contributed by atoms with Crippen LogP contribution in [-0.4, -0.2) is 14.0 Å². The van der Waals surface area contributed by atoms with Gasteiger partial charge >= 0.3 is 0 Å². The first-order chi connectivity index (χ1) is 4.20. The van der Waals surface area contributed by atoms with Crippen molar-refractivity contribution in [3.8, 4) is 0 Å². The maximum absolute atomic E-state index is 10.4. The monoisotopic (exact) mass is 238 g/mol. The quantitative estimate of drug-likeness (QED) is 0.539. The minimum atomic E-state index is -0.229. The Bertz CT molecular complexity index is 232. The first kappa shape index (κ1) is 6.66. The van der Waals surface area contributed by atoms with Crippen LogP contribution >= 0.6 is 22.6 Å². The molecule has 0 aliphatic heterocycles. The molecule has 0 aliphatic rings. The van der Waals surface area contributed by atoms with E-state index in [4.69, 9.17) is 4.42 Å². The fourth-order valence-corrected chi connectivity index (χ4v) is 0.594. The van der Waals surface area contributed by atoms with Gasteiger partial charge in [0, 0.05) is 29.5 Å². The third-order valence-electron chi connectivity index (χ3n) is 0.694. The normalized spacial score (nSPS) is 9.56. The van der Waals surface area contributed by atoms with Crippen LogP contribution in [0, 0.1) is 6.92 Å². The summed E-state index contributed by atoms with van der Waals surface area (Å²) in [6, 6.07) is 0. The molecule has 1 aromatic heterocycles. The van der Waals surface area contributed by atoms with E-state index < -0.39 is 0 Å². The van der Waals surface area contributed by atoms with Gasteiger partial charge in [0.2, 0.25) is 5.89 Å². The lowest BCUT2D eigenvalue weighted by molar-refractivity contribution is 0.107. The van der Waals surface area contributed by atoms with Crippen LogP contribution in [0.2, 0.25) is 0 Å². The van der Waals surface area contributed by atoms with Crippen molar-refractivity contribution in [2.45, 2.75) is 6.92 Å². The zero-order valence-corrected chi connectivity index (χ0v) is 6.75. The number of aryl methyl sites for hydroxylation is 1. The molecule has 0 amide bonds. The molecule has 1 aromatic rings. The van der Waals surface area contributed by atoms with Gasteiger partial charge in [-0.1, -0.05) is 0 Å². The third-order valence-corrected chi connectivity index (χ3v) is 1.16. The van der Waals surface area contributed by atoms with E-state index in [0.29, 0.717) is 5.89 Å². The van der Waals surface area contributed by atoms with E-state index in [0.717, 1.165) is 0 Å². The molecular weight excluding hydrogens is 235 g/mol. The van der Waals surface area contributed by atoms with Gasteiger partial charge in [-0.25, -0.2) is 0 Å². The van der Waals surface area contributed by atoms with Crippen molar-refractivity contribution >= 4 is 26.4 Å². The summed E-state index contributed by atoms with van der Waals surface area (Å²) in [4.78, 5) is 10.4. The molecule has 0 radical (unpaired) electrons. The van der Waals surface area contributed by atoms with E-state index in [1.54, 1.807) is 29.5 Å². The van der Waals surface area contributed by atoms with Gasteiger partial charge in [0.1, 0.15) is 0 Å². The molecule has 9 heavy (non-hydrogen) atoms. The fourth-order valence-electron chi connectivity index (χ4n) is 0.376. The molecule has 4 nitrogen and oxygen atoms in total. The van der Waals surface area contributed by atoms with E-state index >= 15 is 0 Å². The molecule has 1 rings (SSSR count). The Balaban J connectivity index is 2.98. The van der Waals surface area contributed by atoms with Crippen LogP contribution in [0.25, 0.3) is 0 Å². The van der Waals surface area contributed by atoms with Gasteiger partial charge in [-0.2, -0.15) is 0 Å². The number of nitrogens with zero attached hydrogens (tertiary/aromatic N) is 2. The van der Waals surface area contributed by atoms with Crippen LogP contribution in [0.5, 0.6) is 0 Å². The van der Waals surface area contributed by atoms with Crippen molar-refractivity contribution in [3.05, 3.63) is 11.8 Å². The average molecular weight is 238 g/mol. The molecule has 0 aliphatic carbocycles. The van der Waals surface area contributed by atoms with Crippen molar-refractivity contribution in [2.24, 2.45) is 0 Å². The van der Waals surface area contributed by atoms with Crippen molar-refractivity contribution in [2.75, 3.05) is 0 Å². The van der Waals surface area contributed by atoms with Gasteiger partial charge in [-0.05, 0) is 0 Å². The molecule has 0 saturated heterocycles. The minimum absolute atomic E-state index is 0.0631. The summed E-state index contributed by atoms with van der Waals surface area (Å²) in [5.74, 6) is 0.475. The van der Waals surface area contributed by atoms with Gasteiger partial charge in [0.15, 0.2) is 0 Å². The largest absolute Gasteiger partial charge is 0.418 e. The second kappa shape index (κ2) is 2.42. The van der Waals surface area contributed by atoms with E-state index in [2.05, 4.69) is 10.2 Å². The lowest BCUT2D eigenvalue weighted by Gasteiger charge is -1.76. The summed E-state index contributed by atoms with van der Waals surface area (Å²) in [6.45, 7) is 1.64. The number of hydrogen-bond donors (Lipinski definition) is 0. The fraction of sp³-hybridized carbons (Fsp3) is 0.250. The highest BCUT2D eigenvalue weighted by Gasteiger charge is 2.07. The minimum Gasteiger partial charge on any atom is -0.418 e. The van der Waals surface area contributed by atoms with Gasteiger partial charge in [0.25, 0.3) is 9.68 Å². The van der Waals surface area contributed by atoms with Crippen LogP contribution in [-0.2, 0) is 0 Å². The first-order valence-electron chi connectivity index (χ1n) is 2.20. The molecule has 0 unspecified atom stereocenters. The molecule has 0 aromatic carbocycles. The predicted octanol–water partition coefficient (Wildman–Crippen LogP) is 0.953. The Morgan fingerprint density at radius 2 is 2.33 bits per heavy atom. The van der Waals surface area contributed by atoms with Crippen LogP contribution < -0.4 is 0 Å². The van der Waals surface area contributed by atoms with E-state index in [9.17, 15) is 4.79 Å². The van der Waals surface area contributed by atoms with Crippen LogP contribution in [0.3, 0.4) is 0 Å². The topological polar surface area (TPSA) is 56.0 Å². The van der Waals surface area contributed by atoms with Crippen molar-refractivity contribution in [1.82, 2.24) is 10.2 Å². The zero-order chi connectivity index (χ0) is 6.85. The Morgan fingerprint density at radius 3 is 2.56 bits per heavy atom. The number of aromatic nitrogens is 2. The summed E-state index contributed by atoms with van der Waals surface area (Å²) in [6.07, 6.45) is 0. The summed E-state index contributed by atoms with van der Waals surface area (Å²) < 4.78 is 4.54. The Labute approximate surface area is 64.8 Å². The number of rotatable bonds is 1. The molecule has 5 heteroatoms. The third kappa shape index (κ3) is 1.47. The smallest absolute Gasteiger partial charge is 0.294 e. The number of halogens is 1. The second-order valence-electron chi connectivity index (χ2n) is 1.40. The number of carbonyl (C=O) groups is 1. The zero-order valence-electron chi connectivity index (χ0n) is 4.59. The molecular formula is C4H3IN2O2. The molecule has 48 valence electrons. The molecule has 0 bridgehead atoms. The Morgan fingerprint density at radius 1 is 1.67 bits per heavy atom. The standard InChI is InChI=1S/C4H3IN2O2/c1-2-6-7-4(9-2)3(5)8/h1H3. The summed E-state index contributed by atoms with van der Waals surface area (Å²) in [5, 5.41) is 6.94. The molecule has 0 N–H and O–H groups in total. The summed E-state index contributed by atoms with van der Waals surface area (Å²) >= 11 is 1.59. The van der Waals surface area contributed by atoms with Gasteiger partial charge in [-0.15, -0.1) is 10.2 Å². The van der Waals surface area contributed by atoms with Crippen LogP contribution in [0.15, 0.2) is 4.42 Å². The number of carbonyl (C=O) groups excluding carboxylic acids is 1. The molecule has 0 spiro atoms. The number of hydrogen-bond acceptors (Lipinski definition) is 4. The summed E-state index contributed by atoms with van der Waals surface area (Å²) in [7, 11) is 0. The maximum Gasteiger partial charge on any atom is 0.294 e. The van der Waals surface area contributed by atoms with Crippen LogP contribution in [0.1, 0.15) is 16.6 Å². The van der Waals surface area contributed by atoms with E-state index in [1.165, 1.54) is 0 Å². The van der Waals surface area contributed by atoms with Crippen molar-refractivity contribution in [1.29, 1.82) is 0 Å². The molecule has 0 atom stereocenters. The van der Waals surface area contributed by atoms with E-state index in [-0.39, 0.29) is 9.68 Å². The maximum atomic E-state index is 10.4. The molecule has 0 saturated carbocycles. The average Bonchev–Trinajstić information content (AvgIpc) is 2.14. The lowest BCUT2D eigenvalue weighted by Crippen LogP contribution is -1.85. The van der Waals surface area contributed by atoms with Gasteiger partial charge in [-0.3, -0.25) is 4.79 Å². The van der Waals surface area contributed by atoms with E-state index in [1.807, 2.05) is 0 Å². The Hall–Kier alpha value is -0.460. The SMILES string of the molecule is Cc1nnc(C(=O)I)o1. The summed E-state index contributed by atoms with van der Waals surface area (Å²) in [5.41, 5.74) is 0. The molecule has 1 heterocycles. The van der Waals surface area contributed by atoms with Gasteiger partial charge in [0.05, 0.1) is 0 Å². The van der Waals surface area contributed by atoms with Gasteiger partial charge < -0.3 is 4.42 Å². The first-order valence-corrected chi connectivity index (χ1v) is 3.28. The van der Waals surface area contributed by atoms with Crippen LogP contribution in [0.4, 0.5) is 0 Å². The van der Waals surface area contributed by atoms with Crippen molar-refractivity contribution < 1.29 is 9.21 Å².